The predicted octanol–water partition coefficient (Wildman–Crippen LogP) is 6.38. The maximum absolute atomic E-state index is 5.88. The van der Waals surface area contributed by atoms with Gasteiger partial charge < -0.3 is 14.0 Å². The Morgan fingerprint density at radius 3 is 2.48 bits per heavy atom. The molecule has 0 aliphatic heterocycles. The van der Waals surface area contributed by atoms with Crippen LogP contribution in [0.25, 0.3) is 23.2 Å². The molecule has 0 bridgehead atoms. The number of aryl methyl sites for hydroxylation is 2. The number of imidazole rings is 1. The lowest BCUT2D eigenvalue weighted by Gasteiger charge is -2.09. The molecule has 0 unspecified atom stereocenters. The first kappa shape index (κ1) is 20.7. The lowest BCUT2D eigenvalue weighted by molar-refractivity contribution is 0.303. The summed E-state index contributed by atoms with van der Waals surface area (Å²) < 4.78 is 13.6. The van der Waals surface area contributed by atoms with Gasteiger partial charge in [-0.1, -0.05) is 48.0 Å². The molecule has 0 amide bonds. The number of nitrogens with zero attached hydrogens (tertiary/aromatic N) is 2. The number of benzene rings is 3. The van der Waals surface area contributed by atoms with E-state index in [-0.39, 0.29) is 0 Å². The Balaban J connectivity index is 1.45. The first-order valence-corrected chi connectivity index (χ1v) is 10.7. The average molecular weight is 413 g/mol. The van der Waals surface area contributed by atoms with Crippen LogP contribution in [0.3, 0.4) is 0 Å². The third-order valence-corrected chi connectivity index (χ3v) is 5.30. The van der Waals surface area contributed by atoms with Crippen molar-refractivity contribution in [3.8, 4) is 11.5 Å². The van der Waals surface area contributed by atoms with Gasteiger partial charge in [-0.05, 0) is 62.2 Å². The van der Waals surface area contributed by atoms with Crippen molar-refractivity contribution < 1.29 is 9.47 Å². The number of para-hydroxylation sites is 3. The fourth-order valence-electron chi connectivity index (χ4n) is 3.62. The molecule has 4 nitrogen and oxygen atoms in total. The fourth-order valence-corrected chi connectivity index (χ4v) is 3.62. The molecule has 0 spiro atoms. The first-order valence-electron chi connectivity index (χ1n) is 10.7. The Bertz CT molecular complexity index is 1160. The van der Waals surface area contributed by atoms with Gasteiger partial charge >= 0.3 is 0 Å². The minimum absolute atomic E-state index is 0.710. The Morgan fingerprint density at radius 1 is 0.871 bits per heavy atom. The van der Waals surface area contributed by atoms with Gasteiger partial charge in [-0.2, -0.15) is 0 Å². The molecule has 0 saturated heterocycles. The van der Waals surface area contributed by atoms with Crippen LogP contribution >= 0.6 is 0 Å². The van der Waals surface area contributed by atoms with Crippen molar-refractivity contribution in [3.05, 3.63) is 89.7 Å². The molecule has 4 aromatic rings. The van der Waals surface area contributed by atoms with Crippen molar-refractivity contribution in [1.29, 1.82) is 0 Å². The molecular formula is C27H28N2O2. The molecular weight excluding hydrogens is 384 g/mol. The number of fused-ring (bicyclic) bond motifs is 1. The smallest absolute Gasteiger partial charge is 0.133 e. The highest BCUT2D eigenvalue weighted by Crippen LogP contribution is 2.22. The lowest BCUT2D eigenvalue weighted by Crippen LogP contribution is -2.04. The zero-order valence-electron chi connectivity index (χ0n) is 18.1. The monoisotopic (exact) mass is 412 g/mol. The number of methoxy groups -OCH3 is 1. The molecule has 1 aromatic heterocycles. The summed E-state index contributed by atoms with van der Waals surface area (Å²) in [6.07, 6.45) is 6.13. The van der Waals surface area contributed by atoms with Gasteiger partial charge in [0.2, 0.25) is 0 Å². The van der Waals surface area contributed by atoms with Crippen LogP contribution < -0.4 is 9.47 Å². The van der Waals surface area contributed by atoms with Crippen LogP contribution in [-0.4, -0.2) is 23.3 Å². The molecule has 4 rings (SSSR count). The largest absolute Gasteiger partial charge is 0.496 e. The van der Waals surface area contributed by atoms with Gasteiger partial charge in [-0.3, -0.25) is 0 Å². The highest BCUT2D eigenvalue weighted by molar-refractivity contribution is 5.80. The number of unbranched alkanes of at least 4 members (excludes halogenated alkanes) is 1. The van der Waals surface area contributed by atoms with E-state index in [4.69, 9.17) is 14.5 Å². The second kappa shape index (κ2) is 9.98. The molecule has 0 atom stereocenters. The Labute approximate surface area is 183 Å². The number of hydrogen-bond donors (Lipinski definition) is 0. The molecule has 4 heteroatoms. The summed E-state index contributed by atoms with van der Waals surface area (Å²) >= 11 is 0. The number of rotatable bonds is 9. The van der Waals surface area contributed by atoms with E-state index in [1.54, 1.807) is 7.11 Å². The molecule has 0 radical (unpaired) electrons. The third-order valence-electron chi connectivity index (χ3n) is 5.30. The van der Waals surface area contributed by atoms with Gasteiger partial charge in [-0.15, -0.1) is 0 Å². The normalized spacial score (nSPS) is 11.3. The van der Waals surface area contributed by atoms with Gasteiger partial charge in [-0.25, -0.2) is 4.98 Å². The molecule has 1 heterocycles. The molecule has 0 N–H and O–H groups in total. The quantitative estimate of drug-likeness (QED) is 0.299. The number of ether oxygens (including phenoxy) is 2. The topological polar surface area (TPSA) is 36.3 Å². The van der Waals surface area contributed by atoms with Crippen molar-refractivity contribution in [2.45, 2.75) is 26.3 Å². The van der Waals surface area contributed by atoms with Crippen molar-refractivity contribution >= 4 is 23.2 Å². The zero-order valence-corrected chi connectivity index (χ0v) is 18.1. The highest BCUT2D eigenvalue weighted by atomic mass is 16.5. The SMILES string of the molecule is COc1ccccc1/C=C/c1nc2ccccc2n1CCCCOc1ccc(C)cc1. The summed E-state index contributed by atoms with van der Waals surface area (Å²) in [5.74, 6) is 2.74. The molecule has 3 aromatic carbocycles. The Kier molecular flexibility index (Phi) is 6.68. The van der Waals surface area contributed by atoms with E-state index in [1.807, 2.05) is 42.5 Å². The van der Waals surface area contributed by atoms with E-state index in [0.717, 1.165) is 53.3 Å². The van der Waals surface area contributed by atoms with Crippen molar-refractivity contribution in [1.82, 2.24) is 9.55 Å². The van der Waals surface area contributed by atoms with Crippen molar-refractivity contribution in [2.75, 3.05) is 13.7 Å². The lowest BCUT2D eigenvalue weighted by atomic mass is 10.2. The summed E-state index contributed by atoms with van der Waals surface area (Å²) in [5, 5.41) is 0. The highest BCUT2D eigenvalue weighted by Gasteiger charge is 2.08. The van der Waals surface area contributed by atoms with Crippen LogP contribution in [0.1, 0.15) is 29.8 Å². The van der Waals surface area contributed by atoms with E-state index in [1.165, 1.54) is 5.56 Å². The summed E-state index contributed by atoms with van der Waals surface area (Å²) in [6.45, 7) is 3.69. The number of aromatic nitrogens is 2. The summed E-state index contributed by atoms with van der Waals surface area (Å²) in [4.78, 5) is 4.84. The van der Waals surface area contributed by atoms with Gasteiger partial charge in [0.1, 0.15) is 17.3 Å². The molecule has 0 fully saturated rings. The molecule has 0 saturated carbocycles. The summed E-state index contributed by atoms with van der Waals surface area (Å²) in [7, 11) is 1.70. The van der Waals surface area contributed by atoms with E-state index in [0.29, 0.717) is 6.61 Å². The summed E-state index contributed by atoms with van der Waals surface area (Å²) in [5.41, 5.74) is 4.45. The zero-order chi connectivity index (χ0) is 21.5. The van der Waals surface area contributed by atoms with E-state index < -0.39 is 0 Å². The minimum Gasteiger partial charge on any atom is -0.496 e. The van der Waals surface area contributed by atoms with Gasteiger partial charge in [0.05, 0.1) is 24.8 Å². The van der Waals surface area contributed by atoms with Crippen LogP contribution in [0, 0.1) is 6.92 Å². The van der Waals surface area contributed by atoms with Gasteiger partial charge in [0.25, 0.3) is 0 Å². The Morgan fingerprint density at radius 2 is 1.65 bits per heavy atom. The van der Waals surface area contributed by atoms with Crippen LogP contribution in [0.4, 0.5) is 0 Å². The molecule has 158 valence electrons. The van der Waals surface area contributed by atoms with E-state index >= 15 is 0 Å². The minimum atomic E-state index is 0.710. The van der Waals surface area contributed by atoms with Crippen LogP contribution in [0.15, 0.2) is 72.8 Å². The number of hydrogen-bond acceptors (Lipinski definition) is 3. The van der Waals surface area contributed by atoms with E-state index in [2.05, 4.69) is 54.0 Å². The van der Waals surface area contributed by atoms with Crippen LogP contribution in [0.5, 0.6) is 11.5 Å². The maximum Gasteiger partial charge on any atom is 0.133 e. The van der Waals surface area contributed by atoms with Crippen LogP contribution in [-0.2, 0) is 6.54 Å². The third kappa shape index (κ3) is 5.15. The van der Waals surface area contributed by atoms with Crippen molar-refractivity contribution in [2.24, 2.45) is 0 Å². The van der Waals surface area contributed by atoms with Gasteiger partial charge in [0, 0.05) is 12.1 Å². The summed E-state index contributed by atoms with van der Waals surface area (Å²) in [6, 6.07) is 24.5. The van der Waals surface area contributed by atoms with E-state index in [9.17, 15) is 0 Å². The maximum atomic E-state index is 5.88. The molecule has 0 aliphatic carbocycles. The molecule has 0 aliphatic rings. The predicted molar refractivity (Wildman–Crippen MR) is 128 cm³/mol. The fraction of sp³-hybridized carbons (Fsp3) is 0.222. The second-order valence-electron chi connectivity index (χ2n) is 7.55. The standard InChI is InChI=1S/C27H28N2O2/c1-21-13-16-23(17-14-21)31-20-8-7-19-29-25-11-5-4-10-24(25)28-27(29)18-15-22-9-3-6-12-26(22)30-2/h3-6,9-18H,7-8,19-20H2,1-2H3/b18-15+. The molecule has 31 heavy (non-hydrogen) atoms. The average Bonchev–Trinajstić information content (AvgIpc) is 3.16. The first-order chi connectivity index (χ1) is 15.2. The van der Waals surface area contributed by atoms with Gasteiger partial charge in [0.15, 0.2) is 0 Å². The second-order valence-corrected chi connectivity index (χ2v) is 7.55. The van der Waals surface area contributed by atoms with Crippen LogP contribution in [0.2, 0.25) is 0 Å². The van der Waals surface area contributed by atoms with Crippen molar-refractivity contribution in [3.63, 3.8) is 0 Å². The Hall–Kier alpha value is -3.53.